The zero-order chi connectivity index (χ0) is 11.3. The van der Waals surface area contributed by atoms with Crippen LogP contribution in [-0.2, 0) is 16.1 Å². The lowest BCUT2D eigenvalue weighted by atomic mass is 10.1. The maximum absolute atomic E-state index is 10.3. The number of aliphatic carboxylic acids is 1. The van der Waals surface area contributed by atoms with Gasteiger partial charge >= 0.3 is 5.97 Å². The van der Waals surface area contributed by atoms with Crippen molar-refractivity contribution in [1.29, 1.82) is 0 Å². The number of methoxy groups -OCH3 is 1. The van der Waals surface area contributed by atoms with Crippen molar-refractivity contribution < 1.29 is 19.7 Å². The zero-order valence-electron chi connectivity index (χ0n) is 8.30. The van der Waals surface area contributed by atoms with E-state index in [1.165, 1.54) is 6.08 Å². The monoisotopic (exact) mass is 208 g/mol. The van der Waals surface area contributed by atoms with Crippen molar-refractivity contribution in [3.05, 3.63) is 41.2 Å². The largest absolute Gasteiger partial charge is 0.502 e. The van der Waals surface area contributed by atoms with Crippen molar-refractivity contribution >= 4 is 12.0 Å². The van der Waals surface area contributed by atoms with Crippen molar-refractivity contribution in [2.45, 2.75) is 6.61 Å². The molecule has 80 valence electrons. The molecule has 0 aromatic heterocycles. The Morgan fingerprint density at radius 1 is 1.33 bits per heavy atom. The number of aliphatic hydroxyl groups excluding tert-OH is 1. The molecule has 1 aromatic carbocycles. The smallest absolute Gasteiger partial charge is 0.370 e. The van der Waals surface area contributed by atoms with Crippen LogP contribution in [0.5, 0.6) is 0 Å². The van der Waals surface area contributed by atoms with E-state index >= 15 is 0 Å². The normalized spacial score (nSPS) is 11.4. The molecule has 0 amide bonds. The Balaban J connectivity index is 2.80. The maximum atomic E-state index is 10.3. The highest BCUT2D eigenvalue weighted by molar-refractivity contribution is 5.89. The lowest BCUT2D eigenvalue weighted by Crippen LogP contribution is -1.98. The molecule has 0 spiro atoms. The Bertz CT molecular complexity index is 365. The second kappa shape index (κ2) is 5.17. The van der Waals surface area contributed by atoms with Crippen molar-refractivity contribution in [3.8, 4) is 0 Å². The van der Waals surface area contributed by atoms with Crippen LogP contribution in [0.4, 0.5) is 0 Å². The van der Waals surface area contributed by atoms with E-state index in [9.17, 15) is 4.79 Å². The van der Waals surface area contributed by atoms with Crippen LogP contribution in [0.2, 0.25) is 0 Å². The molecule has 4 nitrogen and oxygen atoms in total. The predicted molar refractivity (Wildman–Crippen MR) is 55.4 cm³/mol. The van der Waals surface area contributed by atoms with Gasteiger partial charge in [0.15, 0.2) is 0 Å². The summed E-state index contributed by atoms with van der Waals surface area (Å²) in [5.41, 5.74) is 1.62. The third kappa shape index (κ3) is 3.44. The molecule has 0 aliphatic carbocycles. The summed E-state index contributed by atoms with van der Waals surface area (Å²) in [6, 6.07) is 7.05. The van der Waals surface area contributed by atoms with Gasteiger partial charge in [0.2, 0.25) is 5.76 Å². The number of benzene rings is 1. The van der Waals surface area contributed by atoms with E-state index in [4.69, 9.17) is 14.9 Å². The van der Waals surface area contributed by atoms with Gasteiger partial charge in [-0.1, -0.05) is 24.3 Å². The summed E-state index contributed by atoms with van der Waals surface area (Å²) in [4.78, 5) is 10.3. The number of rotatable bonds is 4. The Morgan fingerprint density at radius 3 is 2.40 bits per heavy atom. The minimum absolute atomic E-state index is 0.509. The predicted octanol–water partition coefficient (Wildman–Crippen LogP) is 1.82. The second-order valence-electron chi connectivity index (χ2n) is 3.01. The molecule has 2 N–H and O–H groups in total. The van der Waals surface area contributed by atoms with Gasteiger partial charge in [0, 0.05) is 7.11 Å². The zero-order valence-corrected chi connectivity index (χ0v) is 8.30. The van der Waals surface area contributed by atoms with E-state index in [-0.39, 0.29) is 0 Å². The number of aliphatic hydroxyl groups is 1. The molecule has 0 aliphatic heterocycles. The second-order valence-corrected chi connectivity index (χ2v) is 3.01. The van der Waals surface area contributed by atoms with E-state index in [1.54, 1.807) is 19.2 Å². The lowest BCUT2D eigenvalue weighted by Gasteiger charge is -2.00. The molecule has 1 aromatic rings. The molecular weight excluding hydrogens is 196 g/mol. The molecule has 0 aliphatic rings. The van der Waals surface area contributed by atoms with Crippen LogP contribution >= 0.6 is 0 Å². The summed E-state index contributed by atoms with van der Waals surface area (Å²) in [5, 5.41) is 17.4. The molecule has 0 unspecified atom stereocenters. The Morgan fingerprint density at radius 2 is 1.93 bits per heavy atom. The Kier molecular flexibility index (Phi) is 3.88. The highest BCUT2D eigenvalue weighted by Crippen LogP contribution is 2.08. The molecule has 0 saturated carbocycles. The summed E-state index contributed by atoms with van der Waals surface area (Å²) in [6.07, 6.45) is 1.19. The highest BCUT2D eigenvalue weighted by Gasteiger charge is 2.02. The molecule has 0 fully saturated rings. The summed E-state index contributed by atoms with van der Waals surface area (Å²) >= 11 is 0. The molecule has 0 saturated heterocycles. The molecule has 15 heavy (non-hydrogen) atoms. The van der Waals surface area contributed by atoms with Gasteiger partial charge in [-0.15, -0.1) is 0 Å². The van der Waals surface area contributed by atoms with Gasteiger partial charge in [-0.05, 0) is 17.2 Å². The van der Waals surface area contributed by atoms with E-state index in [2.05, 4.69) is 0 Å². The fourth-order valence-electron chi connectivity index (χ4n) is 1.10. The van der Waals surface area contributed by atoms with Gasteiger partial charge in [0.05, 0.1) is 6.61 Å². The van der Waals surface area contributed by atoms with Crippen molar-refractivity contribution in [1.82, 2.24) is 0 Å². The lowest BCUT2D eigenvalue weighted by molar-refractivity contribution is -0.135. The summed E-state index contributed by atoms with van der Waals surface area (Å²) in [6.45, 7) is 0.509. The van der Waals surface area contributed by atoms with Gasteiger partial charge in [-0.3, -0.25) is 0 Å². The first kappa shape index (κ1) is 11.3. The highest BCUT2D eigenvalue weighted by atomic mass is 16.5. The molecule has 0 heterocycles. The summed E-state index contributed by atoms with van der Waals surface area (Å²) < 4.78 is 4.93. The third-order valence-electron chi connectivity index (χ3n) is 1.81. The average molecular weight is 208 g/mol. The first-order valence-electron chi connectivity index (χ1n) is 4.35. The minimum atomic E-state index is -1.34. The van der Waals surface area contributed by atoms with Crippen LogP contribution in [0.1, 0.15) is 11.1 Å². The minimum Gasteiger partial charge on any atom is -0.502 e. The first-order valence-corrected chi connectivity index (χ1v) is 4.35. The quantitative estimate of drug-likeness (QED) is 0.585. The van der Waals surface area contributed by atoms with Gasteiger partial charge in [0.25, 0.3) is 0 Å². The summed E-state index contributed by atoms with van der Waals surface area (Å²) in [7, 11) is 1.60. The van der Waals surface area contributed by atoms with Gasteiger partial charge in [-0.2, -0.15) is 0 Å². The van der Waals surface area contributed by atoms with E-state index in [0.717, 1.165) is 5.56 Å². The number of carboxylic acid groups (broad SMARTS) is 1. The fraction of sp³-hybridized carbons (Fsp3) is 0.182. The number of carbonyl (C=O) groups is 1. The number of carboxylic acids is 1. The van der Waals surface area contributed by atoms with Crippen LogP contribution in [0.3, 0.4) is 0 Å². The van der Waals surface area contributed by atoms with E-state index < -0.39 is 11.7 Å². The van der Waals surface area contributed by atoms with Crippen LogP contribution in [-0.4, -0.2) is 23.3 Å². The van der Waals surface area contributed by atoms with Gasteiger partial charge < -0.3 is 14.9 Å². The molecular formula is C11H12O4. The molecule has 4 heteroatoms. The maximum Gasteiger partial charge on any atom is 0.370 e. The molecule has 0 atom stereocenters. The SMILES string of the molecule is COCc1ccc(C=C(O)C(=O)O)cc1. The van der Waals surface area contributed by atoms with E-state index in [1.807, 2.05) is 12.1 Å². The van der Waals surface area contributed by atoms with Crippen LogP contribution in [0.25, 0.3) is 6.08 Å². The van der Waals surface area contributed by atoms with Gasteiger partial charge in [-0.25, -0.2) is 4.79 Å². The molecule has 0 bridgehead atoms. The van der Waals surface area contributed by atoms with Crippen molar-refractivity contribution in [3.63, 3.8) is 0 Å². The third-order valence-corrected chi connectivity index (χ3v) is 1.81. The number of hydrogen-bond donors (Lipinski definition) is 2. The van der Waals surface area contributed by atoms with E-state index in [0.29, 0.717) is 12.2 Å². The van der Waals surface area contributed by atoms with Crippen molar-refractivity contribution in [2.24, 2.45) is 0 Å². The van der Waals surface area contributed by atoms with Crippen LogP contribution in [0.15, 0.2) is 30.0 Å². The van der Waals surface area contributed by atoms with Gasteiger partial charge in [0.1, 0.15) is 0 Å². The standard InChI is InChI=1S/C11H12O4/c1-15-7-9-4-2-8(3-5-9)6-10(12)11(13)14/h2-6,12H,7H2,1H3,(H,13,14). The Hall–Kier alpha value is -1.81. The molecule has 1 rings (SSSR count). The average Bonchev–Trinajstić information content (AvgIpc) is 2.21. The fourth-order valence-corrected chi connectivity index (χ4v) is 1.10. The topological polar surface area (TPSA) is 66.8 Å². The number of ether oxygens (including phenoxy) is 1. The summed E-state index contributed by atoms with van der Waals surface area (Å²) in [5.74, 6) is -2.01. The Labute approximate surface area is 87.4 Å². The number of hydrogen-bond acceptors (Lipinski definition) is 3. The first-order chi connectivity index (χ1) is 7.13. The van der Waals surface area contributed by atoms with Crippen LogP contribution in [0, 0.1) is 0 Å². The van der Waals surface area contributed by atoms with Crippen LogP contribution < -0.4 is 0 Å². The molecule has 0 radical (unpaired) electrons. The van der Waals surface area contributed by atoms with Crippen molar-refractivity contribution in [2.75, 3.05) is 7.11 Å².